The molecular weight excluding hydrogens is 371 g/mol. The molecule has 1 aromatic carbocycles. The summed E-state index contributed by atoms with van der Waals surface area (Å²) >= 11 is 0. The molecule has 152 valence electrons. The molecule has 0 aromatic heterocycles. The molecular formula is C22H31N2O3P. The molecule has 3 fully saturated rings. The molecule has 1 saturated carbocycles. The Balaban J connectivity index is 1.62. The number of hydrogen-bond acceptors (Lipinski definition) is 5. The maximum Gasteiger partial charge on any atom is 0.306 e. The summed E-state index contributed by atoms with van der Waals surface area (Å²) < 4.78 is 9.41. The van der Waals surface area contributed by atoms with Crippen molar-refractivity contribution in [3.8, 4) is 0 Å². The van der Waals surface area contributed by atoms with Gasteiger partial charge in [0.05, 0.1) is 24.5 Å². The molecule has 1 aliphatic carbocycles. The zero-order valence-electron chi connectivity index (χ0n) is 16.9. The van der Waals surface area contributed by atoms with Gasteiger partial charge in [0.1, 0.15) is 7.79 Å². The van der Waals surface area contributed by atoms with Crippen LogP contribution in [0.2, 0.25) is 0 Å². The molecule has 3 aliphatic rings. The van der Waals surface area contributed by atoms with Crippen LogP contribution in [-0.2, 0) is 9.53 Å². The number of ether oxygens (including phenoxy) is 1. The summed E-state index contributed by atoms with van der Waals surface area (Å²) in [6.07, 6.45) is 8.07. The van der Waals surface area contributed by atoms with Crippen LogP contribution in [0, 0.1) is 5.92 Å². The first kappa shape index (κ1) is 20.0. The van der Waals surface area contributed by atoms with Gasteiger partial charge in [0.15, 0.2) is 0 Å². The third kappa shape index (κ3) is 3.66. The summed E-state index contributed by atoms with van der Waals surface area (Å²) in [5.41, 5.74) is 1.17. The third-order valence-corrected chi connectivity index (χ3v) is 9.88. The number of rotatable bonds is 4. The van der Waals surface area contributed by atoms with Crippen LogP contribution in [0.3, 0.4) is 0 Å². The van der Waals surface area contributed by atoms with Crippen LogP contribution in [0.5, 0.6) is 0 Å². The van der Waals surface area contributed by atoms with Gasteiger partial charge >= 0.3 is 5.97 Å². The Morgan fingerprint density at radius 2 is 1.75 bits per heavy atom. The largest absolute Gasteiger partial charge is 0.647 e. The number of nitrogens with zero attached hydrogens (tertiary/aromatic N) is 2. The monoisotopic (exact) mass is 402 g/mol. The summed E-state index contributed by atoms with van der Waals surface area (Å²) in [6.45, 7) is 0.474. The number of cyclic esters (lactones) is 1. The van der Waals surface area contributed by atoms with E-state index in [0.717, 1.165) is 19.3 Å². The average Bonchev–Trinajstić information content (AvgIpc) is 2.91. The molecule has 2 aliphatic heterocycles. The summed E-state index contributed by atoms with van der Waals surface area (Å²) in [4.78, 5) is 25.9. The smallest absolute Gasteiger partial charge is 0.306 e. The SMILES string of the molecule is CN1[C@@H]2CCCC[C@H]2N(C)[P+]1([O-])/C=C/[C@H](c1ccccc1)[C@@H]1CCOC(=O)C1. The summed E-state index contributed by atoms with van der Waals surface area (Å²) in [7, 11) is 1.31. The molecule has 0 unspecified atom stereocenters. The molecule has 2 heterocycles. The maximum absolute atomic E-state index is 14.0. The van der Waals surface area contributed by atoms with Crippen molar-refractivity contribution in [2.75, 3.05) is 20.7 Å². The lowest BCUT2D eigenvalue weighted by Crippen LogP contribution is -2.37. The van der Waals surface area contributed by atoms with Crippen molar-refractivity contribution in [2.24, 2.45) is 5.92 Å². The Bertz CT molecular complexity index is 708. The Kier molecular flexibility index (Phi) is 5.89. The van der Waals surface area contributed by atoms with Crippen molar-refractivity contribution in [1.29, 1.82) is 0 Å². The lowest BCUT2D eigenvalue weighted by molar-refractivity contribution is -0.185. The lowest BCUT2D eigenvalue weighted by Gasteiger charge is -2.35. The summed E-state index contributed by atoms with van der Waals surface area (Å²) in [5.74, 6) is 2.10. The fourth-order valence-corrected chi connectivity index (χ4v) is 7.91. The van der Waals surface area contributed by atoms with Crippen LogP contribution >= 0.6 is 7.79 Å². The first-order valence-corrected chi connectivity index (χ1v) is 12.1. The van der Waals surface area contributed by atoms with Crippen LogP contribution < -0.4 is 4.89 Å². The molecule has 0 amide bonds. The van der Waals surface area contributed by atoms with E-state index in [9.17, 15) is 9.69 Å². The number of esters is 1. The minimum Gasteiger partial charge on any atom is -0.647 e. The number of likely N-dealkylation sites (N-methyl/N-ethyl adjacent to an activating group) is 2. The van der Waals surface area contributed by atoms with Gasteiger partial charge in [0.25, 0.3) is 0 Å². The number of allylic oxidation sites excluding steroid dienone is 1. The van der Waals surface area contributed by atoms with Crippen molar-refractivity contribution in [3.63, 3.8) is 0 Å². The standard InChI is InChI=1S/C22H31N2O3P/c1-23-20-10-6-7-11-21(20)24(2)28(23,26)15-13-19(17-8-4-3-5-9-17)18-12-14-27-22(25)16-18/h3-5,8-9,13,15,18-21H,6-7,10-12,14,16H2,1-2H3/b15-13+/t18-,19-,20-,21-/m1/s1. The van der Waals surface area contributed by atoms with Gasteiger partial charge in [-0.3, -0.25) is 4.79 Å². The molecule has 5 nitrogen and oxygen atoms in total. The minimum absolute atomic E-state index is 0.0734. The van der Waals surface area contributed by atoms with Gasteiger partial charge < -0.3 is 9.63 Å². The van der Waals surface area contributed by atoms with Crippen molar-refractivity contribution in [1.82, 2.24) is 9.34 Å². The number of fused-ring (bicyclic) bond motifs is 1. The first-order chi connectivity index (χ1) is 13.5. The molecule has 0 radical (unpaired) electrons. The molecule has 4 rings (SSSR count). The normalized spacial score (nSPS) is 32.2. The summed E-state index contributed by atoms with van der Waals surface area (Å²) in [5, 5.41) is 0. The average molecular weight is 402 g/mol. The molecule has 2 saturated heterocycles. The van der Waals surface area contributed by atoms with Crippen LogP contribution in [0.1, 0.15) is 50.0 Å². The Labute approximate surface area is 168 Å². The van der Waals surface area contributed by atoms with Gasteiger partial charge in [-0.15, -0.1) is 0 Å². The predicted molar refractivity (Wildman–Crippen MR) is 110 cm³/mol. The number of carbonyl (C=O) groups is 1. The second-order valence-electron chi connectivity index (χ2n) is 8.41. The topological polar surface area (TPSA) is 55.8 Å². The van der Waals surface area contributed by atoms with Crippen LogP contribution in [0.4, 0.5) is 0 Å². The van der Waals surface area contributed by atoms with Gasteiger partial charge in [-0.2, -0.15) is 9.34 Å². The highest BCUT2D eigenvalue weighted by molar-refractivity contribution is 7.67. The van der Waals surface area contributed by atoms with E-state index in [2.05, 4.69) is 27.5 Å². The van der Waals surface area contributed by atoms with Crippen molar-refractivity contribution < 1.29 is 14.4 Å². The van der Waals surface area contributed by atoms with Gasteiger partial charge in [0.2, 0.25) is 0 Å². The fourth-order valence-electron chi connectivity index (χ4n) is 5.25. The second kappa shape index (κ2) is 8.23. The maximum atomic E-state index is 14.0. The third-order valence-electron chi connectivity index (χ3n) is 6.92. The van der Waals surface area contributed by atoms with E-state index in [4.69, 9.17) is 4.74 Å². The summed E-state index contributed by atoms with van der Waals surface area (Å²) in [6, 6.07) is 11.0. The van der Waals surface area contributed by atoms with E-state index in [1.807, 2.05) is 38.1 Å². The highest BCUT2D eigenvalue weighted by Crippen LogP contribution is 2.66. The van der Waals surface area contributed by atoms with Crippen LogP contribution in [0.25, 0.3) is 0 Å². The minimum atomic E-state index is -2.73. The van der Waals surface area contributed by atoms with Crippen molar-refractivity contribution >= 4 is 13.8 Å². The Hall–Kier alpha value is -1.26. The molecule has 0 bridgehead atoms. The van der Waals surface area contributed by atoms with E-state index < -0.39 is 7.79 Å². The van der Waals surface area contributed by atoms with E-state index in [1.165, 1.54) is 18.4 Å². The quantitative estimate of drug-likeness (QED) is 0.570. The van der Waals surface area contributed by atoms with Gasteiger partial charge in [-0.05, 0) is 36.8 Å². The number of benzene rings is 1. The zero-order chi connectivity index (χ0) is 19.7. The molecule has 6 heteroatoms. The van der Waals surface area contributed by atoms with Crippen LogP contribution in [0.15, 0.2) is 42.2 Å². The molecule has 0 spiro atoms. The van der Waals surface area contributed by atoms with Gasteiger partial charge in [0, 0.05) is 26.4 Å². The van der Waals surface area contributed by atoms with Crippen molar-refractivity contribution in [2.45, 2.75) is 56.5 Å². The van der Waals surface area contributed by atoms with E-state index in [-0.39, 0.29) is 17.8 Å². The first-order valence-electron chi connectivity index (χ1n) is 10.5. The predicted octanol–water partition coefficient (Wildman–Crippen LogP) is 3.55. The van der Waals surface area contributed by atoms with Gasteiger partial charge in [-0.1, -0.05) is 43.2 Å². The Morgan fingerprint density at radius 1 is 1.11 bits per heavy atom. The molecule has 1 aromatic rings. The van der Waals surface area contributed by atoms with Gasteiger partial charge in [-0.25, -0.2) is 0 Å². The number of hydrogen-bond donors (Lipinski definition) is 0. The fraction of sp³-hybridized carbons (Fsp3) is 0.591. The van der Waals surface area contributed by atoms with E-state index in [0.29, 0.717) is 25.1 Å². The molecule has 28 heavy (non-hydrogen) atoms. The molecule has 0 N–H and O–H groups in total. The van der Waals surface area contributed by atoms with Crippen molar-refractivity contribution in [3.05, 3.63) is 47.8 Å². The zero-order valence-corrected chi connectivity index (χ0v) is 17.8. The lowest BCUT2D eigenvalue weighted by atomic mass is 9.81. The number of carbonyl (C=O) groups excluding carboxylic acids is 1. The Morgan fingerprint density at radius 3 is 2.36 bits per heavy atom. The highest BCUT2D eigenvalue weighted by atomic mass is 31.2. The van der Waals surface area contributed by atoms with E-state index >= 15 is 0 Å². The van der Waals surface area contributed by atoms with Crippen LogP contribution in [-0.4, -0.2) is 48.1 Å². The highest BCUT2D eigenvalue weighted by Gasteiger charge is 2.54. The second-order valence-corrected chi connectivity index (χ2v) is 11.1. The van der Waals surface area contributed by atoms with E-state index in [1.54, 1.807) is 0 Å². The molecule has 4 atom stereocenters.